The Morgan fingerprint density at radius 3 is 2.37 bits per heavy atom. The van der Waals surface area contributed by atoms with Gasteiger partial charge in [0.25, 0.3) is 21.2 Å². The van der Waals surface area contributed by atoms with Crippen LogP contribution in [0.3, 0.4) is 0 Å². The molecule has 18 nitrogen and oxygen atoms in total. The molecule has 0 saturated carbocycles. The molecule has 0 radical (unpaired) electrons. The van der Waals surface area contributed by atoms with Gasteiger partial charge in [-0.2, -0.15) is 4.98 Å². The first kappa shape index (κ1) is 24.7. The minimum atomic E-state index is -6.16. The zero-order valence-electron chi connectivity index (χ0n) is 14.3. The number of aliphatic hydroxyl groups excluding tert-OH is 2. The summed E-state index contributed by atoms with van der Waals surface area (Å²) in [5.74, 6) is -0.231. The van der Waals surface area contributed by atoms with Gasteiger partial charge in [0.1, 0.15) is 12.2 Å². The van der Waals surface area contributed by atoms with Crippen molar-refractivity contribution in [1.82, 2.24) is 9.97 Å². The second kappa shape index (κ2) is 8.92. The standard InChI is InChI=1S/C9H16N5O13P3/c10-9-13-7-5(8(17)14-9)12-3(1-11-7)6(16)4(15)2-25-29(21,22)27-30(23,24)26-28(18,19)20/h4,6,15-16H,1-2H2,(H,21,22)(H,23,24)(H2,18,19,20)(H4,10,11,13,14,17)/p-4/t4-,6+/m1/s1. The van der Waals surface area contributed by atoms with Gasteiger partial charge in [-0.1, -0.05) is 0 Å². The number of phosphoric ester groups is 1. The van der Waals surface area contributed by atoms with Crippen LogP contribution in [0.1, 0.15) is 0 Å². The molecule has 0 saturated heterocycles. The molecule has 2 rings (SSSR count). The highest BCUT2D eigenvalue weighted by Crippen LogP contribution is 2.60. The predicted molar refractivity (Wildman–Crippen MR) is 87.8 cm³/mol. The third-order valence-electron chi connectivity index (χ3n) is 3.11. The van der Waals surface area contributed by atoms with Crippen molar-refractivity contribution in [3.8, 4) is 0 Å². The number of H-pyrrole nitrogens is 1. The van der Waals surface area contributed by atoms with Gasteiger partial charge in [0.05, 0.1) is 26.7 Å². The van der Waals surface area contributed by atoms with Crippen molar-refractivity contribution in [2.45, 2.75) is 12.2 Å². The van der Waals surface area contributed by atoms with E-state index in [1.165, 1.54) is 0 Å². The number of anilines is 2. The third-order valence-corrected chi connectivity index (χ3v) is 6.78. The highest BCUT2D eigenvalue weighted by molar-refractivity contribution is 7.64. The van der Waals surface area contributed by atoms with Crippen molar-refractivity contribution < 1.29 is 56.6 Å². The number of hydrogen-bond donors (Lipinski definition) is 5. The molecule has 1 aliphatic heterocycles. The molecule has 0 fully saturated rings. The molecule has 0 bridgehead atoms. The Balaban J connectivity index is 2.04. The molecular weight excluding hydrogens is 479 g/mol. The van der Waals surface area contributed by atoms with Gasteiger partial charge < -0.3 is 49.9 Å². The van der Waals surface area contributed by atoms with E-state index in [1.54, 1.807) is 0 Å². The average molecular weight is 491 g/mol. The minimum Gasteiger partial charge on any atom is -0.790 e. The van der Waals surface area contributed by atoms with Crippen LogP contribution >= 0.6 is 23.5 Å². The number of nitrogens with one attached hydrogen (secondary N) is 2. The predicted octanol–water partition coefficient (Wildman–Crippen LogP) is -4.61. The van der Waals surface area contributed by atoms with E-state index in [0.717, 1.165) is 0 Å². The largest absolute Gasteiger partial charge is 0.790 e. The highest BCUT2D eigenvalue weighted by atomic mass is 31.3. The molecule has 1 aromatic heterocycles. The molecule has 6 N–H and O–H groups in total. The first-order valence-electron chi connectivity index (χ1n) is 7.37. The molecule has 2 unspecified atom stereocenters. The van der Waals surface area contributed by atoms with Crippen LogP contribution in [-0.4, -0.2) is 51.3 Å². The maximum atomic E-state index is 11.8. The van der Waals surface area contributed by atoms with Crippen LogP contribution in [0.15, 0.2) is 9.79 Å². The summed E-state index contributed by atoms with van der Waals surface area (Å²) < 4.78 is 43.0. The normalized spacial score (nSPS) is 20.1. The fourth-order valence-corrected chi connectivity index (χ4v) is 4.87. The number of aromatic nitrogens is 2. The summed E-state index contributed by atoms with van der Waals surface area (Å²) in [6, 6.07) is 0. The maximum absolute atomic E-state index is 11.8. The third kappa shape index (κ3) is 7.02. The van der Waals surface area contributed by atoms with Crippen molar-refractivity contribution in [3.63, 3.8) is 0 Å². The van der Waals surface area contributed by atoms with Gasteiger partial charge in [-0.15, -0.1) is 0 Å². The molecule has 170 valence electrons. The van der Waals surface area contributed by atoms with Crippen molar-refractivity contribution in [3.05, 3.63) is 10.4 Å². The van der Waals surface area contributed by atoms with Crippen molar-refractivity contribution in [2.24, 2.45) is 4.99 Å². The topological polar surface area (TPSA) is 308 Å². The Bertz CT molecular complexity index is 1040. The Morgan fingerprint density at radius 2 is 1.77 bits per heavy atom. The van der Waals surface area contributed by atoms with Gasteiger partial charge in [0.2, 0.25) is 5.95 Å². The second-order valence-corrected chi connectivity index (χ2v) is 9.67. The van der Waals surface area contributed by atoms with Gasteiger partial charge in [-0.05, 0) is 0 Å². The van der Waals surface area contributed by atoms with Crippen molar-refractivity contribution in [1.29, 1.82) is 0 Å². The monoisotopic (exact) mass is 491 g/mol. The summed E-state index contributed by atoms with van der Waals surface area (Å²) in [6.45, 7) is -1.55. The van der Waals surface area contributed by atoms with Gasteiger partial charge in [0.15, 0.2) is 11.5 Å². The lowest BCUT2D eigenvalue weighted by Crippen LogP contribution is -2.41. The Morgan fingerprint density at radius 1 is 1.13 bits per heavy atom. The van der Waals surface area contributed by atoms with E-state index in [9.17, 15) is 48.3 Å². The van der Waals surface area contributed by atoms with E-state index in [-0.39, 0.29) is 29.7 Å². The number of aromatic amines is 1. The number of phosphoric acid groups is 3. The quantitative estimate of drug-likeness (QED) is 0.203. The number of nitrogens with zero attached hydrogens (tertiary/aromatic N) is 2. The van der Waals surface area contributed by atoms with E-state index in [2.05, 4.69) is 33.4 Å². The van der Waals surface area contributed by atoms with E-state index in [1.807, 2.05) is 0 Å². The Labute approximate surface area is 165 Å². The molecule has 30 heavy (non-hydrogen) atoms. The van der Waals surface area contributed by atoms with Gasteiger partial charge in [-0.3, -0.25) is 23.2 Å². The smallest absolute Gasteiger partial charge is 0.280 e. The number of nitrogen functional groups attached to an aromatic ring is 1. The minimum absolute atomic E-state index is 0.0179. The van der Waals surface area contributed by atoms with Gasteiger partial charge in [-0.25, -0.2) is 9.30 Å². The van der Waals surface area contributed by atoms with E-state index in [0.29, 0.717) is 0 Å². The Hall–Kier alpha value is -1.52. The number of hydrogen-bond acceptors (Lipinski definition) is 17. The number of rotatable bonds is 9. The lowest BCUT2D eigenvalue weighted by molar-refractivity contribution is -0.339. The fraction of sp³-hybridized carbons (Fsp3) is 0.444. The summed E-state index contributed by atoms with van der Waals surface area (Å²) in [5, 5.41) is 22.5. The highest BCUT2D eigenvalue weighted by Gasteiger charge is 2.29. The number of nitrogens with two attached hydrogens (primary N) is 1. The first-order chi connectivity index (χ1) is 13.6. The van der Waals surface area contributed by atoms with Crippen LogP contribution in [0.2, 0.25) is 0 Å². The van der Waals surface area contributed by atoms with Crippen LogP contribution < -0.4 is 36.2 Å². The molecular formula is C9H12N5O13P3-4. The molecule has 0 aromatic carbocycles. The summed E-state index contributed by atoms with van der Waals surface area (Å²) in [4.78, 5) is 64.4. The summed E-state index contributed by atoms with van der Waals surface area (Å²) >= 11 is 0. The van der Waals surface area contributed by atoms with Crippen LogP contribution in [-0.2, 0) is 26.8 Å². The van der Waals surface area contributed by atoms with Crippen LogP contribution in [0.4, 0.5) is 17.5 Å². The maximum Gasteiger partial charge on any atom is 0.280 e. The first-order valence-corrected chi connectivity index (χ1v) is 11.8. The number of fused-ring (bicyclic) bond motifs is 1. The summed E-state index contributed by atoms with van der Waals surface area (Å²) in [7, 11) is -18.2. The average Bonchev–Trinajstić information content (AvgIpc) is 2.55. The summed E-state index contributed by atoms with van der Waals surface area (Å²) in [5.41, 5.74) is 4.03. The lowest BCUT2D eigenvalue weighted by atomic mass is 10.1. The molecule has 21 heteroatoms. The van der Waals surface area contributed by atoms with Gasteiger partial charge >= 0.3 is 0 Å². The molecule has 4 atom stereocenters. The van der Waals surface area contributed by atoms with Crippen LogP contribution in [0.25, 0.3) is 0 Å². The molecule has 1 aromatic rings. The Kier molecular flexibility index (Phi) is 7.36. The van der Waals surface area contributed by atoms with E-state index >= 15 is 0 Å². The van der Waals surface area contributed by atoms with Crippen LogP contribution in [0, 0.1) is 0 Å². The van der Waals surface area contributed by atoms with E-state index in [4.69, 9.17) is 5.73 Å². The SMILES string of the molecule is Nc1nc2c(c(=O)[nH]1)N=C([C@H](O)[C@H](O)COP(=O)([O-])OP(=O)([O-])OP(=O)([O-])[O-])CN2. The zero-order chi connectivity index (χ0) is 22.9. The van der Waals surface area contributed by atoms with Crippen molar-refractivity contribution in [2.75, 3.05) is 24.2 Å². The molecule has 0 spiro atoms. The zero-order valence-corrected chi connectivity index (χ0v) is 17.0. The second-order valence-electron chi connectivity index (χ2n) is 5.42. The summed E-state index contributed by atoms with van der Waals surface area (Å²) in [6.07, 6.45) is -3.96. The molecule has 2 heterocycles. The van der Waals surface area contributed by atoms with E-state index < -0.39 is 47.8 Å². The van der Waals surface area contributed by atoms with Gasteiger partial charge in [0, 0.05) is 0 Å². The lowest BCUT2D eigenvalue weighted by Gasteiger charge is -2.37. The van der Waals surface area contributed by atoms with Crippen LogP contribution in [0.5, 0.6) is 0 Å². The number of aliphatic hydroxyl groups is 2. The molecule has 0 amide bonds. The fourth-order valence-electron chi connectivity index (χ4n) is 2.00. The molecule has 0 aliphatic carbocycles. The molecule has 1 aliphatic rings. The van der Waals surface area contributed by atoms with Crippen molar-refractivity contribution >= 4 is 46.6 Å². The number of aliphatic imine (C=N–C) groups is 1.